The fourth-order valence-electron chi connectivity index (χ4n) is 3.13. The largest absolute Gasteiger partial charge is 0.480 e. The molecule has 0 spiro atoms. The summed E-state index contributed by atoms with van der Waals surface area (Å²) < 4.78 is 64.4. The summed E-state index contributed by atoms with van der Waals surface area (Å²) in [5, 5.41) is 13.1. The zero-order valence-electron chi connectivity index (χ0n) is 17.0. The molecule has 1 N–H and O–H groups in total. The van der Waals surface area contributed by atoms with E-state index in [-0.39, 0.29) is 16.3 Å². The van der Waals surface area contributed by atoms with Crippen LogP contribution in [0.3, 0.4) is 0 Å². The molecule has 1 atom stereocenters. The van der Waals surface area contributed by atoms with Crippen LogP contribution in [0.25, 0.3) is 22.4 Å². The van der Waals surface area contributed by atoms with Crippen molar-refractivity contribution in [3.05, 3.63) is 60.3 Å². The van der Waals surface area contributed by atoms with E-state index in [4.69, 9.17) is 0 Å². The Morgan fingerprint density at radius 2 is 1.72 bits per heavy atom. The maximum absolute atomic E-state index is 13.3. The Labute approximate surface area is 187 Å². The summed E-state index contributed by atoms with van der Waals surface area (Å²) in [4.78, 5) is 11.8. The van der Waals surface area contributed by atoms with Crippen molar-refractivity contribution in [2.45, 2.75) is 17.1 Å². The average molecular weight is 485 g/mol. The first-order valence-corrected chi connectivity index (χ1v) is 12.5. The number of hydrogen-bond acceptors (Lipinski definition) is 5. The molecule has 0 amide bonds. The van der Waals surface area contributed by atoms with Gasteiger partial charge in [-0.2, -0.15) is 30.0 Å². The van der Waals surface area contributed by atoms with E-state index in [1.165, 1.54) is 23.9 Å². The van der Waals surface area contributed by atoms with Crippen molar-refractivity contribution in [2.24, 2.45) is 0 Å². The smallest absolute Gasteiger partial charge is 0.435 e. The Morgan fingerprint density at radius 1 is 1.09 bits per heavy atom. The molecule has 1 aromatic heterocycles. The molecule has 2 aromatic carbocycles. The van der Waals surface area contributed by atoms with Gasteiger partial charge in [-0.05, 0) is 41.1 Å². The van der Waals surface area contributed by atoms with Gasteiger partial charge in [0.25, 0.3) is 0 Å². The molecule has 3 aromatic rings. The number of alkyl halides is 3. The van der Waals surface area contributed by atoms with Gasteiger partial charge in [-0.25, -0.2) is 17.9 Å². The SMILES string of the molecule is CSCC(C(=O)O)n1nc(C(F)(F)F)cc1-c1ccc(-c2cccc(S(C)(=O)=O)c2)cc1. The second kappa shape index (κ2) is 8.99. The lowest BCUT2D eigenvalue weighted by atomic mass is 10.0. The van der Waals surface area contributed by atoms with Crippen LogP contribution in [-0.2, 0) is 20.8 Å². The molecule has 0 aliphatic rings. The summed E-state index contributed by atoms with van der Waals surface area (Å²) in [6, 6.07) is 12.2. The van der Waals surface area contributed by atoms with Crippen LogP contribution in [0.2, 0.25) is 0 Å². The topological polar surface area (TPSA) is 89.3 Å². The van der Waals surface area contributed by atoms with E-state index in [1.807, 2.05) is 0 Å². The van der Waals surface area contributed by atoms with Gasteiger partial charge in [-0.1, -0.05) is 36.4 Å². The van der Waals surface area contributed by atoms with E-state index in [0.29, 0.717) is 16.7 Å². The highest BCUT2D eigenvalue weighted by molar-refractivity contribution is 7.98. The fraction of sp³-hybridized carbons (Fsp3) is 0.238. The minimum Gasteiger partial charge on any atom is -0.480 e. The van der Waals surface area contributed by atoms with Crippen molar-refractivity contribution < 1.29 is 31.5 Å². The lowest BCUT2D eigenvalue weighted by Gasteiger charge is -2.15. The van der Waals surface area contributed by atoms with Crippen molar-refractivity contribution in [1.82, 2.24) is 9.78 Å². The van der Waals surface area contributed by atoms with Crippen LogP contribution in [0, 0.1) is 0 Å². The van der Waals surface area contributed by atoms with Crippen molar-refractivity contribution in [2.75, 3.05) is 18.3 Å². The molecule has 3 rings (SSSR count). The maximum atomic E-state index is 13.3. The molecule has 0 saturated heterocycles. The molecular formula is C21H19F3N2O4S2. The van der Waals surface area contributed by atoms with Crippen molar-refractivity contribution in [3.63, 3.8) is 0 Å². The number of carboxylic acids is 1. The quantitative estimate of drug-likeness (QED) is 0.526. The summed E-state index contributed by atoms with van der Waals surface area (Å²) in [6.45, 7) is 0. The van der Waals surface area contributed by atoms with E-state index in [1.54, 1.807) is 42.7 Å². The molecule has 0 aliphatic heterocycles. The maximum Gasteiger partial charge on any atom is 0.435 e. The molecule has 170 valence electrons. The van der Waals surface area contributed by atoms with Crippen LogP contribution < -0.4 is 0 Å². The Bertz CT molecular complexity index is 1240. The van der Waals surface area contributed by atoms with Gasteiger partial charge in [0.05, 0.1) is 10.6 Å². The Balaban J connectivity index is 2.07. The van der Waals surface area contributed by atoms with Gasteiger partial charge < -0.3 is 5.11 Å². The highest BCUT2D eigenvalue weighted by Crippen LogP contribution is 2.34. The minimum atomic E-state index is -4.73. The number of aliphatic carboxylic acids is 1. The summed E-state index contributed by atoms with van der Waals surface area (Å²) in [5.41, 5.74) is 0.471. The molecule has 32 heavy (non-hydrogen) atoms. The van der Waals surface area contributed by atoms with E-state index < -0.39 is 33.7 Å². The van der Waals surface area contributed by atoms with Gasteiger partial charge in [-0.15, -0.1) is 0 Å². The molecule has 0 radical (unpaired) electrons. The van der Waals surface area contributed by atoms with Gasteiger partial charge in [-0.3, -0.25) is 0 Å². The van der Waals surface area contributed by atoms with Crippen LogP contribution in [0.4, 0.5) is 13.2 Å². The van der Waals surface area contributed by atoms with Crippen molar-refractivity contribution >= 4 is 27.6 Å². The third-order valence-corrected chi connectivity index (χ3v) is 6.47. The number of halogens is 3. The summed E-state index contributed by atoms with van der Waals surface area (Å²) in [6.07, 6.45) is -1.97. The second-order valence-corrected chi connectivity index (χ2v) is 9.97. The zero-order chi connectivity index (χ0) is 23.7. The Hall–Kier alpha value is -2.79. The van der Waals surface area contributed by atoms with Gasteiger partial charge in [0.1, 0.15) is 0 Å². The van der Waals surface area contributed by atoms with Crippen LogP contribution in [0.5, 0.6) is 0 Å². The van der Waals surface area contributed by atoms with Crippen molar-refractivity contribution in [1.29, 1.82) is 0 Å². The number of hydrogen-bond donors (Lipinski definition) is 1. The summed E-state index contributed by atoms with van der Waals surface area (Å²) >= 11 is 1.18. The lowest BCUT2D eigenvalue weighted by Crippen LogP contribution is -2.23. The Morgan fingerprint density at radius 3 is 2.25 bits per heavy atom. The normalized spacial score (nSPS) is 13.2. The van der Waals surface area contributed by atoms with Crippen LogP contribution in [-0.4, -0.2) is 47.5 Å². The molecule has 1 unspecified atom stereocenters. The van der Waals surface area contributed by atoms with E-state index in [2.05, 4.69) is 5.10 Å². The first-order valence-electron chi connectivity index (χ1n) is 9.21. The number of nitrogens with zero attached hydrogens (tertiary/aromatic N) is 2. The monoisotopic (exact) mass is 484 g/mol. The van der Waals surface area contributed by atoms with Gasteiger partial charge in [0, 0.05) is 12.0 Å². The first-order chi connectivity index (χ1) is 14.9. The van der Waals surface area contributed by atoms with Gasteiger partial charge in [0.2, 0.25) is 0 Å². The fourth-order valence-corrected chi connectivity index (χ4v) is 4.40. The average Bonchev–Trinajstić information content (AvgIpc) is 3.17. The molecule has 0 bridgehead atoms. The highest BCUT2D eigenvalue weighted by atomic mass is 32.2. The number of benzene rings is 2. The number of carboxylic acid groups (broad SMARTS) is 1. The summed E-state index contributed by atoms with van der Waals surface area (Å²) in [7, 11) is -3.40. The molecule has 1 heterocycles. The number of rotatable bonds is 7. The van der Waals surface area contributed by atoms with E-state index in [9.17, 15) is 31.5 Å². The second-order valence-electron chi connectivity index (χ2n) is 7.04. The van der Waals surface area contributed by atoms with Gasteiger partial charge in [0.15, 0.2) is 21.6 Å². The molecule has 0 fully saturated rings. The number of carbonyl (C=O) groups is 1. The predicted octanol–water partition coefficient (Wildman–Crippen LogP) is 4.63. The highest BCUT2D eigenvalue weighted by Gasteiger charge is 2.37. The minimum absolute atomic E-state index is 0.0233. The summed E-state index contributed by atoms with van der Waals surface area (Å²) in [5.74, 6) is -1.25. The number of thioether (sulfide) groups is 1. The third kappa shape index (κ3) is 5.16. The van der Waals surface area contributed by atoms with Crippen LogP contribution >= 0.6 is 11.8 Å². The molecule has 6 nitrogen and oxygen atoms in total. The van der Waals surface area contributed by atoms with E-state index >= 15 is 0 Å². The first kappa shape index (κ1) is 23.9. The third-order valence-electron chi connectivity index (χ3n) is 4.71. The predicted molar refractivity (Wildman–Crippen MR) is 116 cm³/mol. The standard InChI is InChI=1S/C21H19F3N2O4S2/c1-31-12-18(20(27)28)26-17(11-19(25-26)21(22,23)24)14-8-6-13(7-9-14)15-4-3-5-16(10-15)32(2,29)30/h3-11,18H,12H2,1-2H3,(H,27,28). The van der Waals surface area contributed by atoms with Crippen LogP contribution in [0.1, 0.15) is 11.7 Å². The van der Waals surface area contributed by atoms with Crippen LogP contribution in [0.15, 0.2) is 59.5 Å². The molecule has 11 heteroatoms. The molecule has 0 saturated carbocycles. The number of sulfone groups is 1. The van der Waals surface area contributed by atoms with Gasteiger partial charge >= 0.3 is 12.1 Å². The lowest BCUT2D eigenvalue weighted by molar-refractivity contribution is -0.144. The number of aromatic nitrogens is 2. The van der Waals surface area contributed by atoms with Crippen molar-refractivity contribution in [3.8, 4) is 22.4 Å². The van der Waals surface area contributed by atoms with E-state index in [0.717, 1.165) is 17.0 Å². The molecule has 0 aliphatic carbocycles. The Kier molecular flexibility index (Phi) is 6.70. The zero-order valence-corrected chi connectivity index (χ0v) is 18.6. The molecular weight excluding hydrogens is 465 g/mol.